The van der Waals surface area contributed by atoms with Crippen molar-refractivity contribution < 1.29 is 14.6 Å². The molecule has 80 valence electrons. The summed E-state index contributed by atoms with van der Waals surface area (Å²) in [7, 11) is 0. The van der Waals surface area contributed by atoms with Gasteiger partial charge in [-0.2, -0.15) is 0 Å². The van der Waals surface area contributed by atoms with Crippen LogP contribution in [0, 0.1) is 0 Å². The van der Waals surface area contributed by atoms with E-state index in [2.05, 4.69) is 0 Å². The summed E-state index contributed by atoms with van der Waals surface area (Å²) in [6.07, 6.45) is 0.101. The van der Waals surface area contributed by atoms with E-state index < -0.39 is 0 Å². The smallest absolute Gasteiger partial charge is 0.160 e. The maximum atomic E-state index is 9.19. The summed E-state index contributed by atoms with van der Waals surface area (Å²) in [5.74, 6) is 0. The molecule has 13 heavy (non-hydrogen) atoms. The van der Waals surface area contributed by atoms with E-state index in [4.69, 9.17) is 9.47 Å². The molecule has 0 saturated heterocycles. The Kier molecular flexibility index (Phi) is 6.29. The number of hydrogen-bond donors (Lipinski definition) is 1. The molecule has 0 heterocycles. The first kappa shape index (κ1) is 12.9. The molecule has 1 N–H and O–H groups in total. The summed E-state index contributed by atoms with van der Waals surface area (Å²) < 4.78 is 11.0. The normalized spacial score (nSPS) is 14.5. The van der Waals surface area contributed by atoms with Crippen LogP contribution < -0.4 is 0 Å². The number of aliphatic hydroxyl groups excluding tert-OH is 1. The molecule has 0 saturated carbocycles. The van der Waals surface area contributed by atoms with Crippen LogP contribution in [0.5, 0.6) is 0 Å². The molecule has 0 fully saturated rings. The third-order valence-corrected chi connectivity index (χ3v) is 1.38. The number of rotatable bonds is 6. The second-order valence-electron chi connectivity index (χ2n) is 3.88. The van der Waals surface area contributed by atoms with Gasteiger partial charge < -0.3 is 14.6 Å². The second-order valence-corrected chi connectivity index (χ2v) is 3.88. The van der Waals surface area contributed by atoms with E-state index in [1.807, 2.05) is 27.7 Å². The highest BCUT2D eigenvalue weighted by atomic mass is 16.7. The van der Waals surface area contributed by atoms with Crippen LogP contribution in [0.4, 0.5) is 0 Å². The molecule has 0 aliphatic heterocycles. The zero-order valence-corrected chi connectivity index (χ0v) is 9.28. The topological polar surface area (TPSA) is 38.7 Å². The lowest BCUT2D eigenvalue weighted by molar-refractivity contribution is -0.192. The summed E-state index contributed by atoms with van der Waals surface area (Å²) in [4.78, 5) is 0. The van der Waals surface area contributed by atoms with Crippen molar-refractivity contribution >= 4 is 0 Å². The average molecular weight is 190 g/mol. The van der Waals surface area contributed by atoms with Gasteiger partial charge in [-0.1, -0.05) is 0 Å². The van der Waals surface area contributed by atoms with Crippen molar-refractivity contribution in [1.29, 1.82) is 0 Å². The summed E-state index contributed by atoms with van der Waals surface area (Å²) in [5, 5.41) is 9.19. The minimum absolute atomic E-state index is 0.127. The lowest BCUT2D eigenvalue weighted by Crippen LogP contribution is -2.27. The lowest BCUT2D eigenvalue weighted by atomic mass is 10.3. The van der Waals surface area contributed by atoms with Gasteiger partial charge in [0.15, 0.2) is 6.29 Å². The molecule has 0 aromatic carbocycles. The van der Waals surface area contributed by atoms with Crippen molar-refractivity contribution in [3.8, 4) is 0 Å². The molecule has 0 spiro atoms. The number of ether oxygens (including phenoxy) is 2. The van der Waals surface area contributed by atoms with Crippen LogP contribution in [0.3, 0.4) is 0 Å². The Morgan fingerprint density at radius 2 is 1.31 bits per heavy atom. The Balaban J connectivity index is 3.87. The number of aliphatic hydroxyl groups is 1. The predicted octanol–water partition coefficient (Wildman–Crippen LogP) is 1.93. The molecule has 0 radical (unpaired) electrons. The molecule has 0 rings (SSSR count). The van der Waals surface area contributed by atoms with Gasteiger partial charge in [0, 0.05) is 6.42 Å². The summed E-state index contributed by atoms with van der Waals surface area (Å²) in [5.41, 5.74) is 0. The largest absolute Gasteiger partial charge is 0.393 e. The summed E-state index contributed by atoms with van der Waals surface area (Å²) in [6.45, 7) is 9.56. The molecule has 0 aliphatic carbocycles. The molecule has 0 amide bonds. The zero-order valence-electron chi connectivity index (χ0n) is 9.28. The Hall–Kier alpha value is -0.120. The van der Waals surface area contributed by atoms with Crippen LogP contribution >= 0.6 is 0 Å². The van der Waals surface area contributed by atoms with Crippen LogP contribution in [0.2, 0.25) is 0 Å². The third kappa shape index (κ3) is 8.22. The van der Waals surface area contributed by atoms with E-state index >= 15 is 0 Å². The third-order valence-electron chi connectivity index (χ3n) is 1.38. The molecule has 3 nitrogen and oxygen atoms in total. The summed E-state index contributed by atoms with van der Waals surface area (Å²) in [6, 6.07) is 0. The first-order valence-corrected chi connectivity index (χ1v) is 4.90. The first-order chi connectivity index (χ1) is 5.91. The summed E-state index contributed by atoms with van der Waals surface area (Å²) >= 11 is 0. The van der Waals surface area contributed by atoms with E-state index in [9.17, 15) is 5.11 Å². The minimum atomic E-state index is -0.387. The van der Waals surface area contributed by atoms with E-state index in [0.717, 1.165) is 0 Å². The number of hydrogen-bond acceptors (Lipinski definition) is 3. The highest BCUT2D eigenvalue weighted by Crippen LogP contribution is 2.10. The van der Waals surface area contributed by atoms with Gasteiger partial charge in [0.25, 0.3) is 0 Å². The van der Waals surface area contributed by atoms with Gasteiger partial charge in [-0.3, -0.25) is 0 Å². The molecule has 1 atom stereocenters. The van der Waals surface area contributed by atoms with Gasteiger partial charge in [-0.25, -0.2) is 0 Å². The van der Waals surface area contributed by atoms with Crippen LogP contribution in [-0.4, -0.2) is 29.7 Å². The van der Waals surface area contributed by atoms with Crippen LogP contribution in [0.25, 0.3) is 0 Å². The quantitative estimate of drug-likeness (QED) is 0.650. The zero-order chi connectivity index (χ0) is 10.4. The SMILES string of the molecule is CC(O)CC(OC(C)C)OC(C)C. The Bertz CT molecular complexity index is 97.6. The van der Waals surface area contributed by atoms with Crippen LogP contribution in [0.15, 0.2) is 0 Å². The lowest BCUT2D eigenvalue weighted by Gasteiger charge is -2.23. The molecular weight excluding hydrogens is 168 g/mol. The van der Waals surface area contributed by atoms with E-state index in [1.54, 1.807) is 6.92 Å². The fourth-order valence-corrected chi connectivity index (χ4v) is 1.03. The Morgan fingerprint density at radius 1 is 0.923 bits per heavy atom. The predicted molar refractivity (Wildman–Crippen MR) is 52.5 cm³/mol. The highest BCUT2D eigenvalue weighted by molar-refractivity contribution is 4.55. The van der Waals surface area contributed by atoms with Gasteiger partial charge >= 0.3 is 0 Å². The highest BCUT2D eigenvalue weighted by Gasteiger charge is 2.15. The van der Waals surface area contributed by atoms with E-state index in [-0.39, 0.29) is 24.6 Å². The van der Waals surface area contributed by atoms with Gasteiger partial charge in [0.2, 0.25) is 0 Å². The van der Waals surface area contributed by atoms with Crippen molar-refractivity contribution in [3.05, 3.63) is 0 Å². The minimum Gasteiger partial charge on any atom is -0.393 e. The van der Waals surface area contributed by atoms with Crippen molar-refractivity contribution in [2.24, 2.45) is 0 Å². The van der Waals surface area contributed by atoms with Gasteiger partial charge in [0.1, 0.15) is 0 Å². The van der Waals surface area contributed by atoms with Gasteiger partial charge in [0.05, 0.1) is 18.3 Å². The van der Waals surface area contributed by atoms with Gasteiger partial charge in [-0.05, 0) is 34.6 Å². The van der Waals surface area contributed by atoms with Crippen molar-refractivity contribution in [2.75, 3.05) is 0 Å². The monoisotopic (exact) mass is 190 g/mol. The standard InChI is InChI=1S/C10H22O3/c1-7(2)12-10(6-9(5)11)13-8(3)4/h7-11H,6H2,1-5H3. The van der Waals surface area contributed by atoms with Crippen LogP contribution in [-0.2, 0) is 9.47 Å². The molecule has 0 aliphatic rings. The second kappa shape index (κ2) is 6.35. The average Bonchev–Trinajstić information content (AvgIpc) is 1.80. The molecule has 1 unspecified atom stereocenters. The Labute approximate surface area is 81.0 Å². The van der Waals surface area contributed by atoms with Crippen LogP contribution in [0.1, 0.15) is 41.0 Å². The molecule has 0 bridgehead atoms. The van der Waals surface area contributed by atoms with Gasteiger partial charge in [-0.15, -0.1) is 0 Å². The van der Waals surface area contributed by atoms with E-state index in [0.29, 0.717) is 6.42 Å². The fraction of sp³-hybridized carbons (Fsp3) is 1.00. The maximum absolute atomic E-state index is 9.19. The first-order valence-electron chi connectivity index (χ1n) is 4.90. The van der Waals surface area contributed by atoms with Crippen molar-refractivity contribution in [1.82, 2.24) is 0 Å². The molecule has 3 heteroatoms. The molecule has 0 aromatic heterocycles. The molecule has 0 aromatic rings. The molecular formula is C10H22O3. The van der Waals surface area contributed by atoms with E-state index in [1.165, 1.54) is 0 Å². The Morgan fingerprint density at radius 3 is 1.54 bits per heavy atom. The maximum Gasteiger partial charge on any atom is 0.160 e. The van der Waals surface area contributed by atoms with Crippen molar-refractivity contribution in [2.45, 2.75) is 65.6 Å². The van der Waals surface area contributed by atoms with Crippen molar-refractivity contribution in [3.63, 3.8) is 0 Å². The fourth-order valence-electron chi connectivity index (χ4n) is 1.03.